The first kappa shape index (κ1) is 13.1. The van der Waals surface area contributed by atoms with Gasteiger partial charge in [-0.2, -0.15) is 0 Å². The molecule has 3 rings (SSSR count). The van der Waals surface area contributed by atoms with Gasteiger partial charge in [-0.3, -0.25) is 0 Å². The normalized spacial score (nSPS) is 17.0. The molecular formula is C17H18FNO. The largest absolute Gasteiger partial charge is 0.497 e. The van der Waals surface area contributed by atoms with Crippen molar-refractivity contribution in [1.29, 1.82) is 0 Å². The summed E-state index contributed by atoms with van der Waals surface area (Å²) in [4.78, 5) is 0. The Morgan fingerprint density at radius 2 is 2.00 bits per heavy atom. The third kappa shape index (κ3) is 2.54. The van der Waals surface area contributed by atoms with Crippen molar-refractivity contribution in [2.45, 2.75) is 25.4 Å². The van der Waals surface area contributed by atoms with Gasteiger partial charge in [-0.05, 0) is 47.7 Å². The highest BCUT2D eigenvalue weighted by molar-refractivity contribution is 5.36. The highest BCUT2D eigenvalue weighted by Gasteiger charge is 2.24. The first-order chi connectivity index (χ1) is 9.78. The van der Waals surface area contributed by atoms with Crippen molar-refractivity contribution in [2.75, 3.05) is 7.11 Å². The lowest BCUT2D eigenvalue weighted by Crippen LogP contribution is -2.18. The number of rotatable bonds is 4. The van der Waals surface area contributed by atoms with E-state index in [-0.39, 0.29) is 11.9 Å². The molecule has 1 N–H and O–H groups in total. The molecule has 1 aliphatic carbocycles. The van der Waals surface area contributed by atoms with Crippen LogP contribution < -0.4 is 10.1 Å². The highest BCUT2D eigenvalue weighted by atomic mass is 19.1. The number of nitrogens with one attached hydrogen (secondary N) is 1. The standard InChI is InChI=1S/C17H18FNO/c1-20-13-7-5-12(6-8-13)11-19-17-10-9-14-15(17)3-2-4-16(14)18/h2-8,17,19H,9-11H2,1H3. The molecule has 0 saturated carbocycles. The van der Waals surface area contributed by atoms with Gasteiger partial charge in [-0.15, -0.1) is 0 Å². The Morgan fingerprint density at radius 1 is 1.20 bits per heavy atom. The van der Waals surface area contributed by atoms with Gasteiger partial charge in [0.1, 0.15) is 11.6 Å². The molecule has 2 nitrogen and oxygen atoms in total. The molecule has 0 aromatic heterocycles. The molecule has 0 heterocycles. The van der Waals surface area contributed by atoms with E-state index >= 15 is 0 Å². The van der Waals surface area contributed by atoms with Crippen molar-refractivity contribution in [1.82, 2.24) is 5.32 Å². The van der Waals surface area contributed by atoms with Crippen molar-refractivity contribution in [2.24, 2.45) is 0 Å². The Kier molecular flexibility index (Phi) is 3.70. The molecule has 104 valence electrons. The summed E-state index contributed by atoms with van der Waals surface area (Å²) in [6.07, 6.45) is 1.79. The number of benzene rings is 2. The van der Waals surface area contributed by atoms with E-state index in [1.807, 2.05) is 30.3 Å². The van der Waals surface area contributed by atoms with Crippen LogP contribution in [0.5, 0.6) is 5.75 Å². The van der Waals surface area contributed by atoms with E-state index < -0.39 is 0 Å². The predicted octanol–water partition coefficient (Wildman–Crippen LogP) is 3.61. The second-order valence-corrected chi connectivity index (χ2v) is 5.13. The molecule has 1 atom stereocenters. The first-order valence-corrected chi connectivity index (χ1v) is 6.91. The minimum Gasteiger partial charge on any atom is -0.497 e. The molecule has 0 amide bonds. The summed E-state index contributed by atoms with van der Waals surface area (Å²) in [5, 5.41) is 3.51. The van der Waals surface area contributed by atoms with Crippen LogP contribution in [0.2, 0.25) is 0 Å². The third-order valence-corrected chi connectivity index (χ3v) is 3.93. The van der Waals surface area contributed by atoms with Gasteiger partial charge in [0.15, 0.2) is 0 Å². The van der Waals surface area contributed by atoms with Gasteiger partial charge in [0, 0.05) is 12.6 Å². The van der Waals surface area contributed by atoms with Gasteiger partial charge in [0.25, 0.3) is 0 Å². The van der Waals surface area contributed by atoms with Crippen molar-refractivity contribution >= 4 is 0 Å². The maximum atomic E-state index is 13.7. The molecule has 3 heteroatoms. The van der Waals surface area contributed by atoms with E-state index in [2.05, 4.69) is 5.32 Å². The fraction of sp³-hybridized carbons (Fsp3) is 0.294. The van der Waals surface area contributed by atoms with Gasteiger partial charge in [-0.25, -0.2) is 4.39 Å². The molecule has 2 aromatic carbocycles. The average molecular weight is 271 g/mol. The SMILES string of the molecule is COc1ccc(CNC2CCc3c(F)cccc32)cc1. The summed E-state index contributed by atoms with van der Waals surface area (Å²) in [6.45, 7) is 0.782. The average Bonchev–Trinajstić information content (AvgIpc) is 2.90. The van der Waals surface area contributed by atoms with E-state index in [1.165, 1.54) is 5.56 Å². The van der Waals surface area contributed by atoms with Crippen LogP contribution in [0.3, 0.4) is 0 Å². The minimum absolute atomic E-state index is 0.0729. The van der Waals surface area contributed by atoms with Gasteiger partial charge in [0.2, 0.25) is 0 Å². The van der Waals surface area contributed by atoms with Crippen molar-refractivity contribution in [3.8, 4) is 5.75 Å². The molecule has 2 aromatic rings. The minimum atomic E-state index is -0.0729. The Hall–Kier alpha value is -1.87. The molecule has 1 aliphatic rings. The summed E-state index contributed by atoms with van der Waals surface area (Å²) >= 11 is 0. The fourth-order valence-corrected chi connectivity index (χ4v) is 2.81. The molecule has 0 spiro atoms. The van der Waals surface area contributed by atoms with Crippen LogP contribution in [0.1, 0.15) is 29.2 Å². The Balaban J connectivity index is 1.67. The van der Waals surface area contributed by atoms with Crippen LogP contribution in [-0.2, 0) is 13.0 Å². The molecule has 20 heavy (non-hydrogen) atoms. The van der Waals surface area contributed by atoms with Crippen LogP contribution in [0, 0.1) is 5.82 Å². The number of halogens is 1. The van der Waals surface area contributed by atoms with Gasteiger partial charge < -0.3 is 10.1 Å². The lowest BCUT2D eigenvalue weighted by atomic mass is 10.1. The van der Waals surface area contributed by atoms with Crippen LogP contribution in [0.25, 0.3) is 0 Å². The summed E-state index contributed by atoms with van der Waals surface area (Å²) in [7, 11) is 1.66. The van der Waals surface area contributed by atoms with Gasteiger partial charge >= 0.3 is 0 Å². The highest BCUT2D eigenvalue weighted by Crippen LogP contribution is 2.32. The molecule has 0 aliphatic heterocycles. The molecule has 0 radical (unpaired) electrons. The predicted molar refractivity (Wildman–Crippen MR) is 77.3 cm³/mol. The fourth-order valence-electron chi connectivity index (χ4n) is 2.81. The molecule has 0 fully saturated rings. The smallest absolute Gasteiger partial charge is 0.126 e. The van der Waals surface area contributed by atoms with Crippen molar-refractivity contribution in [3.05, 3.63) is 65.0 Å². The van der Waals surface area contributed by atoms with E-state index in [4.69, 9.17) is 4.74 Å². The van der Waals surface area contributed by atoms with E-state index in [0.717, 1.165) is 36.3 Å². The van der Waals surface area contributed by atoms with Crippen LogP contribution in [0.4, 0.5) is 4.39 Å². The van der Waals surface area contributed by atoms with Crippen molar-refractivity contribution in [3.63, 3.8) is 0 Å². The van der Waals surface area contributed by atoms with Crippen LogP contribution in [0.15, 0.2) is 42.5 Å². The lowest BCUT2D eigenvalue weighted by molar-refractivity contribution is 0.414. The van der Waals surface area contributed by atoms with Crippen molar-refractivity contribution < 1.29 is 9.13 Å². The van der Waals surface area contributed by atoms with Gasteiger partial charge in [-0.1, -0.05) is 24.3 Å². The number of methoxy groups -OCH3 is 1. The number of hydrogen-bond acceptors (Lipinski definition) is 2. The Bertz CT molecular complexity index is 594. The Labute approximate surface area is 118 Å². The summed E-state index contributed by atoms with van der Waals surface area (Å²) < 4.78 is 18.8. The van der Waals surface area contributed by atoms with E-state index in [9.17, 15) is 4.39 Å². The van der Waals surface area contributed by atoms with Crippen LogP contribution >= 0.6 is 0 Å². The molecular weight excluding hydrogens is 253 g/mol. The first-order valence-electron chi connectivity index (χ1n) is 6.91. The van der Waals surface area contributed by atoms with Crippen LogP contribution in [-0.4, -0.2) is 7.11 Å². The summed E-state index contributed by atoms with van der Waals surface area (Å²) in [5.74, 6) is 0.790. The molecule has 1 unspecified atom stereocenters. The number of ether oxygens (including phenoxy) is 1. The summed E-state index contributed by atoms with van der Waals surface area (Å²) in [6, 6.07) is 13.6. The van der Waals surface area contributed by atoms with E-state index in [1.54, 1.807) is 19.2 Å². The topological polar surface area (TPSA) is 21.3 Å². The van der Waals surface area contributed by atoms with Gasteiger partial charge in [0.05, 0.1) is 7.11 Å². The third-order valence-electron chi connectivity index (χ3n) is 3.93. The number of fused-ring (bicyclic) bond motifs is 1. The molecule has 0 bridgehead atoms. The quantitative estimate of drug-likeness (QED) is 0.917. The zero-order valence-electron chi connectivity index (χ0n) is 11.5. The maximum Gasteiger partial charge on any atom is 0.126 e. The second-order valence-electron chi connectivity index (χ2n) is 5.13. The number of hydrogen-bond donors (Lipinski definition) is 1. The van der Waals surface area contributed by atoms with E-state index in [0.29, 0.717) is 0 Å². The summed E-state index contributed by atoms with van der Waals surface area (Å²) in [5.41, 5.74) is 3.19. The maximum absolute atomic E-state index is 13.7. The second kappa shape index (κ2) is 5.63. The lowest BCUT2D eigenvalue weighted by Gasteiger charge is -2.14. The zero-order chi connectivity index (χ0) is 13.9. The zero-order valence-corrected chi connectivity index (χ0v) is 11.5. The Morgan fingerprint density at radius 3 is 2.75 bits per heavy atom. The monoisotopic (exact) mass is 271 g/mol. The molecule has 0 saturated heterocycles.